The smallest absolute Gasteiger partial charge is 0.263 e. The molecule has 1 heterocycles. The Hall–Kier alpha value is -0.780. The standard InChI is InChI=1S/C14H18BrClN2O2/c1-9-8-17-5-6-18(9)14(19)10(2)20-13-4-3-11(16)7-12(13)15/h3-4,7,9-10,17H,5-6,8H2,1-2H3/t9-,10?/m1/s1. The zero-order valence-corrected chi connectivity index (χ0v) is 13.9. The SMILES string of the molecule is CC(Oc1ccc(Cl)cc1Br)C(=O)N1CCNC[C@H]1C. The van der Waals surface area contributed by atoms with Crippen LogP contribution in [-0.4, -0.2) is 42.6 Å². The van der Waals surface area contributed by atoms with Gasteiger partial charge in [0.2, 0.25) is 0 Å². The number of hydrogen-bond donors (Lipinski definition) is 1. The van der Waals surface area contributed by atoms with Gasteiger partial charge in [-0.25, -0.2) is 0 Å². The molecule has 1 amide bonds. The minimum atomic E-state index is -0.520. The first-order valence-electron chi connectivity index (χ1n) is 6.62. The van der Waals surface area contributed by atoms with Crippen molar-refractivity contribution >= 4 is 33.4 Å². The molecule has 20 heavy (non-hydrogen) atoms. The average Bonchev–Trinajstić information content (AvgIpc) is 2.41. The Kier molecular flexibility index (Phi) is 5.29. The molecule has 1 aromatic carbocycles. The molecular weight excluding hydrogens is 344 g/mol. The summed E-state index contributed by atoms with van der Waals surface area (Å²) in [7, 11) is 0. The molecule has 1 N–H and O–H groups in total. The number of carbonyl (C=O) groups is 1. The molecule has 2 atom stereocenters. The zero-order chi connectivity index (χ0) is 14.7. The summed E-state index contributed by atoms with van der Waals surface area (Å²) >= 11 is 9.28. The van der Waals surface area contributed by atoms with Crippen LogP contribution in [0.15, 0.2) is 22.7 Å². The Morgan fingerprint density at radius 3 is 3.00 bits per heavy atom. The second-order valence-corrected chi connectivity index (χ2v) is 6.21. The molecule has 0 aliphatic carbocycles. The van der Waals surface area contributed by atoms with Crippen molar-refractivity contribution in [2.75, 3.05) is 19.6 Å². The number of halogens is 2. The minimum Gasteiger partial charge on any atom is -0.480 e. The third kappa shape index (κ3) is 3.65. The maximum Gasteiger partial charge on any atom is 0.263 e. The largest absolute Gasteiger partial charge is 0.480 e. The van der Waals surface area contributed by atoms with E-state index in [9.17, 15) is 4.79 Å². The Balaban J connectivity index is 2.03. The molecule has 2 rings (SSSR count). The van der Waals surface area contributed by atoms with Gasteiger partial charge in [0, 0.05) is 30.7 Å². The topological polar surface area (TPSA) is 41.6 Å². The van der Waals surface area contributed by atoms with E-state index in [1.54, 1.807) is 25.1 Å². The Labute approximate surface area is 132 Å². The van der Waals surface area contributed by atoms with Crippen molar-refractivity contribution in [3.05, 3.63) is 27.7 Å². The van der Waals surface area contributed by atoms with Gasteiger partial charge in [0.25, 0.3) is 5.91 Å². The van der Waals surface area contributed by atoms with Gasteiger partial charge < -0.3 is 15.0 Å². The predicted octanol–water partition coefficient (Wildman–Crippen LogP) is 2.69. The first kappa shape index (κ1) is 15.6. The highest BCUT2D eigenvalue weighted by atomic mass is 79.9. The maximum absolute atomic E-state index is 12.4. The van der Waals surface area contributed by atoms with Gasteiger partial charge in [0.15, 0.2) is 6.10 Å². The van der Waals surface area contributed by atoms with Crippen LogP contribution in [0.2, 0.25) is 5.02 Å². The highest BCUT2D eigenvalue weighted by Crippen LogP contribution is 2.29. The van der Waals surface area contributed by atoms with E-state index in [0.29, 0.717) is 10.8 Å². The fourth-order valence-corrected chi connectivity index (χ4v) is 2.99. The number of piperazine rings is 1. The lowest BCUT2D eigenvalue weighted by Gasteiger charge is -2.35. The monoisotopic (exact) mass is 360 g/mol. The molecule has 1 saturated heterocycles. The number of carbonyl (C=O) groups excluding carboxylic acids is 1. The summed E-state index contributed by atoms with van der Waals surface area (Å²) in [5.41, 5.74) is 0. The third-order valence-electron chi connectivity index (χ3n) is 3.33. The van der Waals surface area contributed by atoms with Crippen LogP contribution >= 0.6 is 27.5 Å². The van der Waals surface area contributed by atoms with Crippen molar-refractivity contribution in [3.63, 3.8) is 0 Å². The molecule has 0 saturated carbocycles. The molecule has 1 aliphatic heterocycles. The molecule has 110 valence electrons. The highest BCUT2D eigenvalue weighted by Gasteiger charge is 2.28. The van der Waals surface area contributed by atoms with Gasteiger partial charge in [-0.3, -0.25) is 4.79 Å². The van der Waals surface area contributed by atoms with Crippen molar-refractivity contribution in [3.8, 4) is 5.75 Å². The normalized spacial score (nSPS) is 20.6. The van der Waals surface area contributed by atoms with Gasteiger partial charge in [-0.15, -0.1) is 0 Å². The zero-order valence-electron chi connectivity index (χ0n) is 11.5. The molecule has 1 aromatic rings. The van der Waals surface area contributed by atoms with Gasteiger partial charge in [-0.05, 0) is 48.0 Å². The molecule has 1 aliphatic rings. The van der Waals surface area contributed by atoms with E-state index in [2.05, 4.69) is 21.2 Å². The Bertz CT molecular complexity index is 498. The van der Waals surface area contributed by atoms with Crippen molar-refractivity contribution in [2.45, 2.75) is 26.0 Å². The summed E-state index contributed by atoms with van der Waals surface area (Å²) in [6.07, 6.45) is -0.520. The predicted molar refractivity (Wildman–Crippen MR) is 83.3 cm³/mol. The summed E-state index contributed by atoms with van der Waals surface area (Å²) in [4.78, 5) is 14.3. The van der Waals surface area contributed by atoms with Gasteiger partial charge in [-0.1, -0.05) is 11.6 Å². The lowest BCUT2D eigenvalue weighted by atomic mass is 10.2. The van der Waals surface area contributed by atoms with E-state index in [0.717, 1.165) is 24.1 Å². The number of amides is 1. The van der Waals surface area contributed by atoms with E-state index in [4.69, 9.17) is 16.3 Å². The summed E-state index contributed by atoms with van der Waals surface area (Å²) in [6.45, 7) is 6.18. The summed E-state index contributed by atoms with van der Waals surface area (Å²) in [5, 5.41) is 3.89. The summed E-state index contributed by atoms with van der Waals surface area (Å²) < 4.78 is 6.49. The molecule has 1 fully saturated rings. The van der Waals surface area contributed by atoms with E-state index in [1.165, 1.54) is 0 Å². The minimum absolute atomic E-state index is 0.0147. The Morgan fingerprint density at radius 2 is 2.35 bits per heavy atom. The number of nitrogens with zero attached hydrogens (tertiary/aromatic N) is 1. The van der Waals surface area contributed by atoms with Gasteiger partial charge in [0.05, 0.1) is 4.47 Å². The van der Waals surface area contributed by atoms with E-state index in [1.807, 2.05) is 11.8 Å². The summed E-state index contributed by atoms with van der Waals surface area (Å²) in [5.74, 6) is 0.638. The first-order chi connectivity index (χ1) is 9.49. The van der Waals surface area contributed by atoms with Crippen LogP contribution in [-0.2, 0) is 4.79 Å². The number of hydrogen-bond acceptors (Lipinski definition) is 3. The molecule has 6 heteroatoms. The van der Waals surface area contributed by atoms with Crippen LogP contribution in [0.5, 0.6) is 5.75 Å². The molecular formula is C14H18BrClN2O2. The maximum atomic E-state index is 12.4. The van der Waals surface area contributed by atoms with E-state index in [-0.39, 0.29) is 11.9 Å². The fraction of sp³-hybridized carbons (Fsp3) is 0.500. The van der Waals surface area contributed by atoms with Crippen LogP contribution in [0.25, 0.3) is 0 Å². The first-order valence-corrected chi connectivity index (χ1v) is 7.79. The van der Waals surface area contributed by atoms with Gasteiger partial charge in [-0.2, -0.15) is 0 Å². The van der Waals surface area contributed by atoms with Crippen molar-refractivity contribution in [2.24, 2.45) is 0 Å². The number of nitrogens with one attached hydrogen (secondary N) is 1. The fourth-order valence-electron chi connectivity index (χ4n) is 2.21. The van der Waals surface area contributed by atoms with Crippen molar-refractivity contribution < 1.29 is 9.53 Å². The van der Waals surface area contributed by atoms with Crippen LogP contribution in [0.4, 0.5) is 0 Å². The molecule has 0 spiro atoms. The molecule has 4 nitrogen and oxygen atoms in total. The number of benzene rings is 1. The van der Waals surface area contributed by atoms with Crippen LogP contribution in [0, 0.1) is 0 Å². The lowest BCUT2D eigenvalue weighted by Crippen LogP contribution is -2.55. The second-order valence-electron chi connectivity index (χ2n) is 4.92. The molecule has 0 aromatic heterocycles. The van der Waals surface area contributed by atoms with E-state index < -0.39 is 6.10 Å². The number of ether oxygens (including phenoxy) is 1. The van der Waals surface area contributed by atoms with Gasteiger partial charge >= 0.3 is 0 Å². The summed E-state index contributed by atoms with van der Waals surface area (Å²) in [6, 6.07) is 5.45. The lowest BCUT2D eigenvalue weighted by molar-refractivity contribution is -0.140. The quantitative estimate of drug-likeness (QED) is 0.900. The van der Waals surface area contributed by atoms with Crippen LogP contribution in [0.3, 0.4) is 0 Å². The molecule has 1 unspecified atom stereocenters. The third-order valence-corrected chi connectivity index (χ3v) is 4.18. The van der Waals surface area contributed by atoms with Crippen LogP contribution < -0.4 is 10.1 Å². The average molecular weight is 362 g/mol. The van der Waals surface area contributed by atoms with Crippen molar-refractivity contribution in [1.29, 1.82) is 0 Å². The molecule has 0 radical (unpaired) electrons. The van der Waals surface area contributed by atoms with Gasteiger partial charge in [0.1, 0.15) is 5.75 Å². The highest BCUT2D eigenvalue weighted by molar-refractivity contribution is 9.10. The van der Waals surface area contributed by atoms with E-state index >= 15 is 0 Å². The Morgan fingerprint density at radius 1 is 1.60 bits per heavy atom. The second kappa shape index (κ2) is 6.78. The van der Waals surface area contributed by atoms with Crippen LogP contribution in [0.1, 0.15) is 13.8 Å². The number of rotatable bonds is 3. The molecule has 0 bridgehead atoms. The van der Waals surface area contributed by atoms with Crippen molar-refractivity contribution in [1.82, 2.24) is 10.2 Å².